The van der Waals surface area contributed by atoms with E-state index in [4.69, 9.17) is 14.2 Å². The molecule has 0 saturated carbocycles. The summed E-state index contributed by atoms with van der Waals surface area (Å²) in [5.41, 5.74) is 2.92. The third-order valence-electron chi connectivity index (χ3n) is 5.06. The summed E-state index contributed by atoms with van der Waals surface area (Å²) in [4.78, 5) is 2.79. The van der Waals surface area contributed by atoms with Crippen LogP contribution in [0.25, 0.3) is 5.70 Å². The number of aliphatic hydroxyl groups excluding tert-OH is 1. The van der Waals surface area contributed by atoms with Crippen LogP contribution in [0.3, 0.4) is 0 Å². The molecular formula is C22H31N3O4S. The molecule has 2 aliphatic rings. The maximum absolute atomic E-state index is 10.5. The van der Waals surface area contributed by atoms with Crippen molar-refractivity contribution >= 4 is 17.5 Å². The van der Waals surface area contributed by atoms with Crippen molar-refractivity contribution in [2.24, 2.45) is 0 Å². The number of morpholine rings is 1. The van der Waals surface area contributed by atoms with Gasteiger partial charge in [-0.15, -0.1) is 11.8 Å². The van der Waals surface area contributed by atoms with Crippen LogP contribution < -0.4 is 14.8 Å². The fourth-order valence-corrected chi connectivity index (χ4v) is 4.53. The minimum Gasteiger partial charge on any atom is -0.490 e. The van der Waals surface area contributed by atoms with E-state index in [-0.39, 0.29) is 0 Å². The molecule has 0 amide bonds. The summed E-state index contributed by atoms with van der Waals surface area (Å²) in [5.74, 6) is 1.90. The van der Waals surface area contributed by atoms with Crippen LogP contribution in [0.4, 0.5) is 0 Å². The number of nitriles is 1. The number of allylic oxidation sites excluding steroid dienone is 1. The van der Waals surface area contributed by atoms with Crippen LogP contribution in [0.5, 0.6) is 11.5 Å². The molecule has 0 spiro atoms. The van der Waals surface area contributed by atoms with Crippen LogP contribution in [-0.4, -0.2) is 74.5 Å². The topological polar surface area (TPSA) is 87.0 Å². The van der Waals surface area contributed by atoms with Gasteiger partial charge in [0.2, 0.25) is 0 Å². The number of nitrogens with one attached hydrogen (secondary N) is 1. The zero-order valence-electron chi connectivity index (χ0n) is 17.8. The molecular weight excluding hydrogens is 402 g/mol. The molecule has 3 rings (SSSR count). The monoisotopic (exact) mass is 433 g/mol. The Kier molecular flexibility index (Phi) is 8.70. The molecule has 1 aromatic carbocycles. The molecule has 7 nitrogen and oxygen atoms in total. The van der Waals surface area contributed by atoms with Gasteiger partial charge in [0.15, 0.2) is 11.5 Å². The molecule has 1 fully saturated rings. The molecule has 2 heterocycles. The molecule has 30 heavy (non-hydrogen) atoms. The first-order chi connectivity index (χ1) is 14.7. The lowest BCUT2D eigenvalue weighted by molar-refractivity contribution is 0.0188. The van der Waals surface area contributed by atoms with E-state index in [9.17, 15) is 10.4 Å². The number of aliphatic hydroxyl groups is 1. The van der Waals surface area contributed by atoms with Gasteiger partial charge in [-0.2, -0.15) is 5.26 Å². The lowest BCUT2D eigenvalue weighted by atomic mass is 9.97. The average molecular weight is 434 g/mol. The van der Waals surface area contributed by atoms with Crippen molar-refractivity contribution in [3.63, 3.8) is 0 Å². The van der Waals surface area contributed by atoms with Crippen LogP contribution in [0, 0.1) is 11.3 Å². The Morgan fingerprint density at radius 2 is 1.97 bits per heavy atom. The van der Waals surface area contributed by atoms with E-state index in [1.807, 2.05) is 26.0 Å². The lowest BCUT2D eigenvalue weighted by Crippen LogP contribution is -2.41. The van der Waals surface area contributed by atoms with Crippen molar-refractivity contribution in [1.29, 1.82) is 5.26 Å². The molecule has 0 aliphatic carbocycles. The summed E-state index contributed by atoms with van der Waals surface area (Å²) in [7, 11) is 0. The Labute approximate surface area is 183 Å². The standard InChI is InChI=1S/C22H31N3O4S/c1-3-28-19-11-16-5-6-24-22(18(16)12-20(19)29-4-2)21(13-23)30-15-17(26)14-25-7-9-27-10-8-25/h11-12,17,24,26H,3-10,14-15H2,1-2H3. The third kappa shape index (κ3) is 5.82. The fraction of sp³-hybridized carbons (Fsp3) is 0.591. The van der Waals surface area contributed by atoms with Crippen molar-refractivity contribution in [3.8, 4) is 17.6 Å². The number of benzene rings is 1. The third-order valence-corrected chi connectivity index (χ3v) is 6.19. The number of hydrogen-bond acceptors (Lipinski definition) is 8. The summed E-state index contributed by atoms with van der Waals surface area (Å²) in [6, 6.07) is 6.32. The number of nitrogens with zero attached hydrogens (tertiary/aromatic N) is 2. The Morgan fingerprint density at radius 3 is 2.63 bits per heavy atom. The maximum atomic E-state index is 10.5. The predicted octanol–water partition coefficient (Wildman–Crippen LogP) is 2.25. The highest BCUT2D eigenvalue weighted by Gasteiger charge is 2.23. The number of ether oxygens (including phenoxy) is 3. The van der Waals surface area contributed by atoms with Gasteiger partial charge in [0.25, 0.3) is 0 Å². The molecule has 1 atom stereocenters. The number of β-amino-alcohol motifs (C(OH)–C–C–N with tert-alkyl or cyclic N) is 1. The van der Waals surface area contributed by atoms with Gasteiger partial charge in [-0.25, -0.2) is 0 Å². The second kappa shape index (κ2) is 11.5. The highest BCUT2D eigenvalue weighted by Crippen LogP contribution is 2.37. The first-order valence-corrected chi connectivity index (χ1v) is 11.6. The molecule has 164 valence electrons. The molecule has 1 saturated heterocycles. The van der Waals surface area contributed by atoms with E-state index in [1.165, 1.54) is 11.8 Å². The van der Waals surface area contributed by atoms with Gasteiger partial charge in [-0.1, -0.05) is 0 Å². The van der Waals surface area contributed by atoms with Gasteiger partial charge in [-0.05, 0) is 38.0 Å². The van der Waals surface area contributed by atoms with E-state index in [1.54, 1.807) is 0 Å². The van der Waals surface area contributed by atoms with Gasteiger partial charge in [-0.3, -0.25) is 4.90 Å². The number of fused-ring (bicyclic) bond motifs is 1. The molecule has 1 aromatic rings. The van der Waals surface area contributed by atoms with E-state index in [0.717, 1.165) is 48.6 Å². The lowest BCUT2D eigenvalue weighted by Gasteiger charge is -2.28. The van der Waals surface area contributed by atoms with Gasteiger partial charge in [0.05, 0.1) is 38.2 Å². The zero-order chi connectivity index (χ0) is 21.3. The van der Waals surface area contributed by atoms with Crippen LogP contribution in [0.1, 0.15) is 25.0 Å². The summed E-state index contributed by atoms with van der Waals surface area (Å²) in [6.45, 7) is 9.45. The molecule has 2 aliphatic heterocycles. The second-order valence-corrected chi connectivity index (χ2v) is 8.22. The van der Waals surface area contributed by atoms with Crippen molar-refractivity contribution in [2.45, 2.75) is 26.4 Å². The average Bonchev–Trinajstić information content (AvgIpc) is 2.76. The quantitative estimate of drug-likeness (QED) is 0.574. The molecule has 1 unspecified atom stereocenters. The van der Waals surface area contributed by atoms with E-state index < -0.39 is 6.10 Å². The minimum atomic E-state index is -0.501. The summed E-state index contributed by atoms with van der Waals surface area (Å²) in [5, 5.41) is 23.7. The Hall–Kier alpha value is -1.92. The normalized spacial score (nSPS) is 19.3. The largest absolute Gasteiger partial charge is 0.490 e. The molecule has 2 N–H and O–H groups in total. The molecule has 8 heteroatoms. The highest BCUT2D eigenvalue weighted by atomic mass is 32.2. The van der Waals surface area contributed by atoms with Crippen LogP contribution in [0.2, 0.25) is 0 Å². The predicted molar refractivity (Wildman–Crippen MR) is 119 cm³/mol. The van der Waals surface area contributed by atoms with E-state index >= 15 is 0 Å². The summed E-state index contributed by atoms with van der Waals surface area (Å²) in [6.07, 6.45) is 0.355. The zero-order valence-corrected chi connectivity index (χ0v) is 18.6. The number of hydrogen-bond donors (Lipinski definition) is 2. The van der Waals surface area contributed by atoms with E-state index in [2.05, 4.69) is 16.3 Å². The van der Waals surface area contributed by atoms with Crippen molar-refractivity contribution in [1.82, 2.24) is 10.2 Å². The summed E-state index contributed by atoms with van der Waals surface area (Å²) < 4.78 is 16.9. The Bertz CT molecular complexity index is 787. The van der Waals surface area contributed by atoms with Crippen molar-refractivity contribution in [2.75, 3.05) is 58.4 Å². The molecule has 0 bridgehead atoms. The maximum Gasteiger partial charge on any atom is 0.161 e. The van der Waals surface area contributed by atoms with Crippen molar-refractivity contribution < 1.29 is 19.3 Å². The van der Waals surface area contributed by atoms with Gasteiger partial charge >= 0.3 is 0 Å². The van der Waals surface area contributed by atoms with Crippen molar-refractivity contribution in [3.05, 3.63) is 28.2 Å². The molecule has 0 aromatic heterocycles. The Morgan fingerprint density at radius 1 is 1.27 bits per heavy atom. The minimum absolute atomic E-state index is 0.468. The van der Waals surface area contributed by atoms with Crippen LogP contribution in [0.15, 0.2) is 17.0 Å². The van der Waals surface area contributed by atoms with Crippen LogP contribution >= 0.6 is 11.8 Å². The highest BCUT2D eigenvalue weighted by molar-refractivity contribution is 8.03. The second-order valence-electron chi connectivity index (χ2n) is 7.19. The van der Waals surface area contributed by atoms with E-state index in [0.29, 0.717) is 49.4 Å². The Balaban J connectivity index is 1.77. The first kappa shape index (κ1) is 22.8. The first-order valence-electron chi connectivity index (χ1n) is 10.6. The SMILES string of the molecule is CCOc1cc2c(cc1OCC)C(=C(C#N)SCC(O)CN1CCOCC1)NCC2. The van der Waals surface area contributed by atoms with Gasteiger partial charge in [0, 0.05) is 37.5 Å². The van der Waals surface area contributed by atoms with Gasteiger partial charge in [0.1, 0.15) is 11.0 Å². The smallest absolute Gasteiger partial charge is 0.161 e. The van der Waals surface area contributed by atoms with Crippen LogP contribution in [-0.2, 0) is 11.2 Å². The molecule has 0 radical (unpaired) electrons. The number of rotatable bonds is 9. The van der Waals surface area contributed by atoms with Gasteiger partial charge < -0.3 is 24.6 Å². The summed E-state index contributed by atoms with van der Waals surface area (Å²) >= 11 is 1.40. The number of thioether (sulfide) groups is 1. The fourth-order valence-electron chi connectivity index (χ4n) is 3.67.